The maximum atomic E-state index is 12.2. The molecule has 0 atom stereocenters. The van der Waals surface area contributed by atoms with Crippen LogP contribution < -0.4 is 10.6 Å². The minimum atomic E-state index is 0.0887. The van der Waals surface area contributed by atoms with E-state index >= 15 is 0 Å². The van der Waals surface area contributed by atoms with E-state index in [1.54, 1.807) is 0 Å². The molecule has 0 aromatic heterocycles. The second kappa shape index (κ2) is 6.29. The summed E-state index contributed by atoms with van der Waals surface area (Å²) >= 11 is 0. The quantitative estimate of drug-likeness (QED) is 0.889. The van der Waals surface area contributed by atoms with Gasteiger partial charge in [-0.1, -0.05) is 25.3 Å². The van der Waals surface area contributed by atoms with E-state index in [0.29, 0.717) is 0 Å². The van der Waals surface area contributed by atoms with Crippen LogP contribution in [0.15, 0.2) is 24.3 Å². The third-order valence-electron chi connectivity index (χ3n) is 4.32. The van der Waals surface area contributed by atoms with Crippen molar-refractivity contribution in [3.05, 3.63) is 24.3 Å². The SMILES string of the molecule is O=C(Nc1cccc(NC(=O)C2CC2)c1)C1CCCCC1. The molecule has 21 heavy (non-hydrogen) atoms. The highest BCUT2D eigenvalue weighted by Crippen LogP contribution is 2.30. The largest absolute Gasteiger partial charge is 0.326 e. The summed E-state index contributed by atoms with van der Waals surface area (Å²) in [5.74, 6) is 0.528. The lowest BCUT2D eigenvalue weighted by Gasteiger charge is -2.20. The molecule has 1 aromatic rings. The van der Waals surface area contributed by atoms with Gasteiger partial charge in [0.05, 0.1) is 0 Å². The monoisotopic (exact) mass is 286 g/mol. The molecule has 3 rings (SSSR count). The Morgan fingerprint density at radius 1 is 0.810 bits per heavy atom. The zero-order valence-electron chi connectivity index (χ0n) is 12.2. The van der Waals surface area contributed by atoms with Crippen LogP contribution in [-0.2, 0) is 9.59 Å². The number of carbonyl (C=O) groups is 2. The molecular weight excluding hydrogens is 264 g/mol. The lowest BCUT2D eigenvalue weighted by Crippen LogP contribution is -2.24. The summed E-state index contributed by atoms with van der Waals surface area (Å²) in [5.41, 5.74) is 1.52. The van der Waals surface area contributed by atoms with Gasteiger partial charge in [-0.3, -0.25) is 9.59 Å². The molecule has 0 spiro atoms. The van der Waals surface area contributed by atoms with E-state index in [0.717, 1.165) is 49.9 Å². The first kappa shape index (κ1) is 14.1. The molecule has 0 unspecified atom stereocenters. The Bertz CT molecular complexity index is 531. The highest BCUT2D eigenvalue weighted by molar-refractivity contribution is 5.96. The fraction of sp³-hybridized carbons (Fsp3) is 0.529. The van der Waals surface area contributed by atoms with Gasteiger partial charge in [0.25, 0.3) is 0 Å². The van der Waals surface area contributed by atoms with Gasteiger partial charge >= 0.3 is 0 Å². The number of rotatable bonds is 4. The summed E-state index contributed by atoms with van der Waals surface area (Å²) in [4.78, 5) is 24.0. The van der Waals surface area contributed by atoms with Gasteiger partial charge in [-0.2, -0.15) is 0 Å². The Balaban J connectivity index is 1.59. The average molecular weight is 286 g/mol. The number of nitrogens with one attached hydrogen (secondary N) is 2. The predicted molar refractivity (Wildman–Crippen MR) is 83.0 cm³/mol. The van der Waals surface area contributed by atoms with Crippen LogP contribution in [0.4, 0.5) is 11.4 Å². The molecule has 2 N–H and O–H groups in total. The van der Waals surface area contributed by atoms with Gasteiger partial charge in [-0.25, -0.2) is 0 Å². The summed E-state index contributed by atoms with van der Waals surface area (Å²) in [7, 11) is 0. The topological polar surface area (TPSA) is 58.2 Å². The number of anilines is 2. The van der Waals surface area contributed by atoms with Gasteiger partial charge in [0.1, 0.15) is 0 Å². The molecule has 4 heteroatoms. The summed E-state index contributed by atoms with van der Waals surface area (Å²) < 4.78 is 0. The second-order valence-corrected chi connectivity index (χ2v) is 6.17. The molecule has 0 bridgehead atoms. The van der Waals surface area contributed by atoms with Crippen molar-refractivity contribution in [1.29, 1.82) is 0 Å². The molecule has 0 saturated heterocycles. The first-order valence-electron chi connectivity index (χ1n) is 7.94. The summed E-state index contributed by atoms with van der Waals surface area (Å²) in [6.07, 6.45) is 7.50. The van der Waals surface area contributed by atoms with E-state index in [4.69, 9.17) is 0 Å². The van der Waals surface area contributed by atoms with E-state index in [1.165, 1.54) is 6.42 Å². The van der Waals surface area contributed by atoms with Crippen LogP contribution in [-0.4, -0.2) is 11.8 Å². The Morgan fingerprint density at radius 3 is 1.86 bits per heavy atom. The summed E-state index contributed by atoms with van der Waals surface area (Å²) in [6.45, 7) is 0. The van der Waals surface area contributed by atoms with Gasteiger partial charge in [0.2, 0.25) is 11.8 Å². The number of hydrogen-bond donors (Lipinski definition) is 2. The number of hydrogen-bond acceptors (Lipinski definition) is 2. The minimum absolute atomic E-state index is 0.0887. The maximum absolute atomic E-state index is 12.2. The molecule has 0 aliphatic heterocycles. The molecular formula is C17H22N2O2. The molecule has 0 heterocycles. The van der Waals surface area contributed by atoms with E-state index in [-0.39, 0.29) is 23.7 Å². The molecule has 2 aliphatic carbocycles. The molecule has 0 radical (unpaired) electrons. The van der Waals surface area contributed by atoms with Crippen LogP contribution in [0.1, 0.15) is 44.9 Å². The van der Waals surface area contributed by atoms with Crippen LogP contribution in [0.2, 0.25) is 0 Å². The number of amides is 2. The van der Waals surface area contributed by atoms with E-state index in [2.05, 4.69) is 10.6 Å². The standard InChI is InChI=1S/C17H22N2O2/c20-16(12-5-2-1-3-6-12)18-14-7-4-8-15(11-14)19-17(21)13-9-10-13/h4,7-8,11-13H,1-3,5-6,9-10H2,(H,18,20)(H,19,21). The van der Waals surface area contributed by atoms with E-state index < -0.39 is 0 Å². The molecule has 112 valence electrons. The lowest BCUT2D eigenvalue weighted by atomic mass is 9.88. The van der Waals surface area contributed by atoms with Crippen LogP contribution in [0.5, 0.6) is 0 Å². The Labute approximate surface area is 125 Å². The smallest absolute Gasteiger partial charge is 0.227 e. The van der Waals surface area contributed by atoms with Crippen LogP contribution in [0.3, 0.4) is 0 Å². The zero-order chi connectivity index (χ0) is 14.7. The van der Waals surface area contributed by atoms with Crippen molar-refractivity contribution < 1.29 is 9.59 Å². The van der Waals surface area contributed by atoms with Gasteiger partial charge in [0, 0.05) is 23.2 Å². The molecule has 4 nitrogen and oxygen atoms in total. The highest BCUT2D eigenvalue weighted by atomic mass is 16.2. The summed E-state index contributed by atoms with van der Waals surface area (Å²) in [5, 5.41) is 5.89. The van der Waals surface area contributed by atoms with E-state index in [1.807, 2.05) is 24.3 Å². The van der Waals surface area contributed by atoms with Gasteiger partial charge < -0.3 is 10.6 Å². The average Bonchev–Trinajstić information content (AvgIpc) is 3.33. The van der Waals surface area contributed by atoms with Crippen molar-refractivity contribution in [3.63, 3.8) is 0 Å². The zero-order valence-corrected chi connectivity index (χ0v) is 12.2. The predicted octanol–water partition coefficient (Wildman–Crippen LogP) is 3.55. The third-order valence-corrected chi connectivity index (χ3v) is 4.32. The van der Waals surface area contributed by atoms with Gasteiger partial charge in [0.15, 0.2) is 0 Å². The molecule has 2 saturated carbocycles. The lowest BCUT2D eigenvalue weighted by molar-refractivity contribution is -0.120. The van der Waals surface area contributed by atoms with Gasteiger partial charge in [-0.15, -0.1) is 0 Å². The highest BCUT2D eigenvalue weighted by Gasteiger charge is 2.29. The van der Waals surface area contributed by atoms with Crippen LogP contribution in [0.25, 0.3) is 0 Å². The van der Waals surface area contributed by atoms with Crippen molar-refractivity contribution in [2.24, 2.45) is 11.8 Å². The van der Waals surface area contributed by atoms with E-state index in [9.17, 15) is 9.59 Å². The summed E-state index contributed by atoms with van der Waals surface area (Å²) in [6, 6.07) is 7.42. The first-order chi connectivity index (χ1) is 10.2. The van der Waals surface area contributed by atoms with Crippen molar-refractivity contribution in [1.82, 2.24) is 0 Å². The fourth-order valence-corrected chi connectivity index (χ4v) is 2.87. The van der Waals surface area contributed by atoms with Crippen LogP contribution >= 0.6 is 0 Å². The Kier molecular flexibility index (Phi) is 4.23. The van der Waals surface area contributed by atoms with Crippen molar-refractivity contribution in [2.75, 3.05) is 10.6 Å². The van der Waals surface area contributed by atoms with Gasteiger partial charge in [-0.05, 0) is 43.9 Å². The second-order valence-electron chi connectivity index (χ2n) is 6.17. The fourth-order valence-electron chi connectivity index (χ4n) is 2.87. The molecule has 2 aliphatic rings. The van der Waals surface area contributed by atoms with Crippen molar-refractivity contribution in [2.45, 2.75) is 44.9 Å². The van der Waals surface area contributed by atoms with Crippen LogP contribution in [0, 0.1) is 11.8 Å². The molecule has 1 aromatic carbocycles. The van der Waals surface area contributed by atoms with Crippen molar-refractivity contribution in [3.8, 4) is 0 Å². The number of carbonyl (C=O) groups excluding carboxylic acids is 2. The van der Waals surface area contributed by atoms with Crippen molar-refractivity contribution >= 4 is 23.2 Å². The molecule has 2 fully saturated rings. The first-order valence-corrected chi connectivity index (χ1v) is 7.94. The normalized spacial score (nSPS) is 19.0. The molecule has 2 amide bonds. The minimum Gasteiger partial charge on any atom is -0.326 e. The Hall–Kier alpha value is -1.84. The maximum Gasteiger partial charge on any atom is 0.227 e. The third kappa shape index (κ3) is 3.84. The number of benzene rings is 1. The Morgan fingerprint density at radius 2 is 1.33 bits per heavy atom.